The van der Waals surface area contributed by atoms with Crippen LogP contribution in [0.2, 0.25) is 0 Å². The van der Waals surface area contributed by atoms with Gasteiger partial charge in [0.25, 0.3) is 0 Å². The van der Waals surface area contributed by atoms with E-state index in [-0.39, 0.29) is 5.97 Å². The molecule has 2 atom stereocenters. The zero-order valence-corrected chi connectivity index (χ0v) is 12.5. The van der Waals surface area contributed by atoms with Gasteiger partial charge in [0.15, 0.2) is 0 Å². The van der Waals surface area contributed by atoms with Crippen LogP contribution in [0, 0.1) is 10.8 Å². The summed E-state index contributed by atoms with van der Waals surface area (Å²) in [6.45, 7) is 3.59. The van der Waals surface area contributed by atoms with Crippen LogP contribution < -0.4 is 0 Å². The Balaban J connectivity index is 2.10. The molecule has 5 heteroatoms. The van der Waals surface area contributed by atoms with Gasteiger partial charge in [0.1, 0.15) is 5.41 Å². The van der Waals surface area contributed by atoms with Gasteiger partial charge in [0, 0.05) is 19.3 Å². The molecule has 0 bridgehead atoms. The SMILES string of the molecule is COC(=O)C1(C(C)O)CCN(Cc2cccc(C=N)c2)C1. The number of aliphatic hydroxyl groups excluding tert-OH is 1. The van der Waals surface area contributed by atoms with E-state index in [9.17, 15) is 9.90 Å². The Morgan fingerprint density at radius 1 is 1.62 bits per heavy atom. The summed E-state index contributed by atoms with van der Waals surface area (Å²) in [5.41, 5.74) is 1.14. The number of benzene rings is 1. The third kappa shape index (κ3) is 3.14. The second-order valence-electron chi connectivity index (χ2n) is 5.67. The molecule has 0 radical (unpaired) electrons. The summed E-state index contributed by atoms with van der Waals surface area (Å²) in [5.74, 6) is -0.340. The average Bonchev–Trinajstić information content (AvgIpc) is 2.92. The minimum Gasteiger partial charge on any atom is -0.468 e. The van der Waals surface area contributed by atoms with E-state index in [1.807, 2.05) is 24.3 Å². The van der Waals surface area contributed by atoms with Crippen LogP contribution in [-0.4, -0.2) is 48.5 Å². The first-order chi connectivity index (χ1) is 10.0. The number of nitrogens with zero attached hydrogens (tertiary/aromatic N) is 1. The van der Waals surface area contributed by atoms with Gasteiger partial charge in [-0.05, 0) is 37.1 Å². The summed E-state index contributed by atoms with van der Waals surface area (Å²) in [6, 6.07) is 7.78. The molecule has 21 heavy (non-hydrogen) atoms. The normalized spacial score (nSPS) is 23.8. The molecule has 1 fully saturated rings. The molecule has 1 aliphatic heterocycles. The lowest BCUT2D eigenvalue weighted by molar-refractivity contribution is -0.158. The van der Waals surface area contributed by atoms with Gasteiger partial charge in [-0.25, -0.2) is 0 Å². The Morgan fingerprint density at radius 2 is 2.38 bits per heavy atom. The molecule has 2 N–H and O–H groups in total. The van der Waals surface area contributed by atoms with E-state index < -0.39 is 11.5 Å². The molecule has 1 aliphatic rings. The maximum atomic E-state index is 12.0. The molecule has 1 aromatic carbocycles. The lowest BCUT2D eigenvalue weighted by atomic mass is 9.82. The molecule has 1 heterocycles. The lowest BCUT2D eigenvalue weighted by Gasteiger charge is -2.29. The highest BCUT2D eigenvalue weighted by atomic mass is 16.5. The number of ether oxygens (including phenoxy) is 1. The summed E-state index contributed by atoms with van der Waals surface area (Å²) in [5, 5.41) is 17.3. The molecule has 0 saturated carbocycles. The number of carbonyl (C=O) groups excluding carboxylic acids is 1. The Hall–Kier alpha value is -1.72. The molecule has 0 aromatic heterocycles. The lowest BCUT2D eigenvalue weighted by Crippen LogP contribution is -2.44. The fourth-order valence-electron chi connectivity index (χ4n) is 2.97. The van der Waals surface area contributed by atoms with Gasteiger partial charge in [-0.15, -0.1) is 0 Å². The summed E-state index contributed by atoms with van der Waals surface area (Å²) in [4.78, 5) is 14.2. The van der Waals surface area contributed by atoms with E-state index in [1.54, 1.807) is 6.92 Å². The van der Waals surface area contributed by atoms with Crippen molar-refractivity contribution in [1.82, 2.24) is 4.90 Å². The Kier molecular flexibility index (Phi) is 4.75. The van der Waals surface area contributed by atoms with E-state index in [0.717, 1.165) is 17.7 Å². The Bertz CT molecular complexity index is 530. The molecule has 0 spiro atoms. The van der Waals surface area contributed by atoms with Crippen molar-refractivity contribution in [2.45, 2.75) is 26.0 Å². The number of carbonyl (C=O) groups is 1. The van der Waals surface area contributed by atoms with E-state index in [4.69, 9.17) is 10.1 Å². The molecule has 2 rings (SSSR count). The first kappa shape index (κ1) is 15.7. The van der Waals surface area contributed by atoms with Gasteiger partial charge in [-0.1, -0.05) is 18.2 Å². The van der Waals surface area contributed by atoms with Crippen LogP contribution in [0.4, 0.5) is 0 Å². The van der Waals surface area contributed by atoms with Crippen LogP contribution in [0.1, 0.15) is 24.5 Å². The van der Waals surface area contributed by atoms with Crippen LogP contribution in [0.25, 0.3) is 0 Å². The van der Waals surface area contributed by atoms with Gasteiger partial charge in [0.2, 0.25) is 0 Å². The monoisotopic (exact) mass is 290 g/mol. The number of likely N-dealkylation sites (tertiary alicyclic amines) is 1. The van der Waals surface area contributed by atoms with Crippen molar-refractivity contribution in [3.8, 4) is 0 Å². The third-order valence-electron chi connectivity index (χ3n) is 4.30. The minimum atomic E-state index is -0.825. The first-order valence-electron chi connectivity index (χ1n) is 7.10. The number of rotatable bonds is 5. The van der Waals surface area contributed by atoms with Crippen LogP contribution in [0.5, 0.6) is 0 Å². The molecule has 1 saturated heterocycles. The van der Waals surface area contributed by atoms with Crippen molar-refractivity contribution in [2.75, 3.05) is 20.2 Å². The molecule has 114 valence electrons. The summed E-state index contributed by atoms with van der Waals surface area (Å²) < 4.78 is 4.88. The number of nitrogens with one attached hydrogen (secondary N) is 1. The predicted octanol–water partition coefficient (Wildman–Crippen LogP) is 1.43. The number of hydrogen-bond acceptors (Lipinski definition) is 5. The third-order valence-corrected chi connectivity index (χ3v) is 4.30. The van der Waals surface area contributed by atoms with E-state index in [2.05, 4.69) is 4.90 Å². The molecule has 0 aliphatic carbocycles. The van der Waals surface area contributed by atoms with Crippen LogP contribution in [0.15, 0.2) is 24.3 Å². The zero-order chi connectivity index (χ0) is 15.5. The first-order valence-corrected chi connectivity index (χ1v) is 7.10. The van der Waals surface area contributed by atoms with Gasteiger partial charge in [-0.2, -0.15) is 0 Å². The summed E-state index contributed by atoms with van der Waals surface area (Å²) >= 11 is 0. The largest absolute Gasteiger partial charge is 0.468 e. The van der Waals surface area contributed by atoms with Crippen molar-refractivity contribution in [3.63, 3.8) is 0 Å². The molecule has 2 unspecified atom stereocenters. The zero-order valence-electron chi connectivity index (χ0n) is 12.5. The molecule has 1 aromatic rings. The van der Waals surface area contributed by atoms with E-state index in [0.29, 0.717) is 19.5 Å². The number of hydrogen-bond donors (Lipinski definition) is 2. The highest BCUT2D eigenvalue weighted by Crippen LogP contribution is 2.36. The van der Waals surface area contributed by atoms with Crippen molar-refractivity contribution in [3.05, 3.63) is 35.4 Å². The maximum Gasteiger partial charge on any atom is 0.315 e. The molecule has 5 nitrogen and oxygen atoms in total. The van der Waals surface area contributed by atoms with Crippen molar-refractivity contribution in [2.24, 2.45) is 5.41 Å². The highest BCUT2D eigenvalue weighted by molar-refractivity contribution is 5.78. The molecule has 0 amide bonds. The van der Waals surface area contributed by atoms with Crippen LogP contribution in [-0.2, 0) is 16.1 Å². The number of esters is 1. The molecular formula is C16H22N2O3. The highest BCUT2D eigenvalue weighted by Gasteiger charge is 2.49. The van der Waals surface area contributed by atoms with E-state index >= 15 is 0 Å². The van der Waals surface area contributed by atoms with Gasteiger partial charge >= 0.3 is 5.97 Å². The maximum absolute atomic E-state index is 12.0. The average molecular weight is 290 g/mol. The smallest absolute Gasteiger partial charge is 0.315 e. The number of methoxy groups -OCH3 is 1. The van der Waals surface area contributed by atoms with Crippen molar-refractivity contribution in [1.29, 1.82) is 5.41 Å². The van der Waals surface area contributed by atoms with Gasteiger partial charge < -0.3 is 15.3 Å². The Morgan fingerprint density at radius 3 is 3.00 bits per heavy atom. The van der Waals surface area contributed by atoms with Crippen molar-refractivity contribution < 1.29 is 14.6 Å². The predicted molar refractivity (Wildman–Crippen MR) is 80.4 cm³/mol. The quantitative estimate of drug-likeness (QED) is 0.635. The van der Waals surface area contributed by atoms with Gasteiger partial charge in [-0.3, -0.25) is 9.69 Å². The minimum absolute atomic E-state index is 0.340. The number of aliphatic hydroxyl groups is 1. The van der Waals surface area contributed by atoms with Crippen LogP contribution in [0.3, 0.4) is 0 Å². The summed E-state index contributed by atoms with van der Waals surface area (Å²) in [7, 11) is 1.36. The second-order valence-corrected chi connectivity index (χ2v) is 5.67. The fourth-order valence-corrected chi connectivity index (χ4v) is 2.97. The fraction of sp³-hybridized carbons (Fsp3) is 0.500. The van der Waals surface area contributed by atoms with Gasteiger partial charge in [0.05, 0.1) is 13.2 Å². The Labute approximate surface area is 125 Å². The standard InChI is InChI=1S/C16H22N2O3/c1-12(19)16(15(20)21-2)6-7-18(11-16)10-14-5-3-4-13(8-14)9-17/h3-5,8-9,12,17,19H,6-7,10-11H2,1-2H3. The topological polar surface area (TPSA) is 73.6 Å². The van der Waals surface area contributed by atoms with Crippen molar-refractivity contribution >= 4 is 12.2 Å². The molecular weight excluding hydrogens is 268 g/mol. The van der Waals surface area contributed by atoms with E-state index in [1.165, 1.54) is 13.3 Å². The summed E-state index contributed by atoms with van der Waals surface area (Å²) in [6.07, 6.45) is 1.19. The van der Waals surface area contributed by atoms with Crippen LogP contribution >= 0.6 is 0 Å². The second kappa shape index (κ2) is 6.37.